The van der Waals surface area contributed by atoms with Gasteiger partial charge in [0.2, 0.25) is 0 Å². The van der Waals surface area contributed by atoms with E-state index in [2.05, 4.69) is 144 Å². The summed E-state index contributed by atoms with van der Waals surface area (Å²) in [5, 5.41) is 7.46. The van der Waals surface area contributed by atoms with Crippen molar-refractivity contribution in [2.45, 2.75) is 0 Å². The second-order valence-electron chi connectivity index (χ2n) is 10.0. The lowest BCUT2D eigenvalue weighted by molar-refractivity contribution is 1.29. The quantitative estimate of drug-likeness (QED) is 0.211. The predicted octanol–water partition coefficient (Wildman–Crippen LogP) is 10.9. The van der Waals surface area contributed by atoms with Crippen molar-refractivity contribution < 1.29 is 0 Å². The number of nitrogens with zero attached hydrogens (tertiary/aromatic N) is 2. The van der Waals surface area contributed by atoms with Gasteiger partial charge in [-0.25, -0.2) is 4.98 Å². The van der Waals surface area contributed by atoms with Gasteiger partial charge in [0.05, 0.1) is 5.69 Å². The van der Waals surface area contributed by atoms with Gasteiger partial charge in [0, 0.05) is 33.0 Å². The van der Waals surface area contributed by atoms with Crippen LogP contribution in [0.5, 0.6) is 0 Å². The Balaban J connectivity index is 1.36. The molecule has 2 nitrogen and oxygen atoms in total. The first-order valence-electron chi connectivity index (χ1n) is 13.5. The van der Waals surface area contributed by atoms with E-state index < -0.39 is 0 Å². The van der Waals surface area contributed by atoms with Gasteiger partial charge in [0.15, 0.2) is 0 Å². The molecule has 0 atom stereocenters. The number of hydrogen-bond donors (Lipinski definition) is 0. The first-order valence-corrected chi connectivity index (χ1v) is 14.3. The molecule has 0 fully saturated rings. The molecule has 8 rings (SSSR count). The summed E-state index contributed by atoms with van der Waals surface area (Å²) < 4.78 is 1.25. The summed E-state index contributed by atoms with van der Waals surface area (Å²) in [5.74, 6) is 0. The third kappa shape index (κ3) is 3.75. The fraction of sp³-hybridized carbons (Fsp3) is 0. The molecule has 0 unspecified atom stereocenters. The highest BCUT2D eigenvalue weighted by Gasteiger charge is 2.19. The minimum absolute atomic E-state index is 1.05. The van der Waals surface area contributed by atoms with Crippen LogP contribution < -0.4 is 4.90 Å². The summed E-state index contributed by atoms with van der Waals surface area (Å²) in [7, 11) is 0. The van der Waals surface area contributed by atoms with Gasteiger partial charge < -0.3 is 4.90 Å². The van der Waals surface area contributed by atoms with Crippen LogP contribution in [-0.4, -0.2) is 4.98 Å². The molecule has 8 aromatic rings. The van der Waals surface area contributed by atoms with E-state index in [1.807, 2.05) is 6.20 Å². The average molecular weight is 529 g/mol. The van der Waals surface area contributed by atoms with Gasteiger partial charge in [-0.2, -0.15) is 0 Å². The fourth-order valence-corrected chi connectivity index (χ4v) is 6.88. The van der Waals surface area contributed by atoms with E-state index in [9.17, 15) is 0 Å². The molecule has 2 aromatic heterocycles. The Bertz CT molecular complexity index is 2160. The van der Waals surface area contributed by atoms with Crippen molar-refractivity contribution >= 4 is 70.2 Å². The Kier molecular flexibility index (Phi) is 5.35. The molecule has 0 aliphatic heterocycles. The van der Waals surface area contributed by atoms with Gasteiger partial charge in [-0.15, -0.1) is 11.3 Å². The molecule has 40 heavy (non-hydrogen) atoms. The summed E-state index contributed by atoms with van der Waals surface area (Å²) >= 11 is 1.75. The molecule has 2 heterocycles. The number of aromatic nitrogens is 1. The highest BCUT2D eigenvalue weighted by Crippen LogP contribution is 2.45. The van der Waals surface area contributed by atoms with Crippen LogP contribution in [0.15, 0.2) is 146 Å². The van der Waals surface area contributed by atoms with Gasteiger partial charge in [-0.05, 0) is 69.1 Å². The molecular weight excluding hydrogens is 504 g/mol. The van der Waals surface area contributed by atoms with Crippen molar-refractivity contribution in [2.75, 3.05) is 4.90 Å². The van der Waals surface area contributed by atoms with E-state index in [4.69, 9.17) is 4.98 Å². The van der Waals surface area contributed by atoms with Crippen LogP contribution in [-0.2, 0) is 0 Å². The van der Waals surface area contributed by atoms with Gasteiger partial charge in [-0.3, -0.25) is 0 Å². The summed E-state index contributed by atoms with van der Waals surface area (Å²) in [6, 6.07) is 50.1. The standard InChI is InChI=1S/C37H24N2S/c1-2-8-25(9-3-1)26-16-18-29(19-17-26)39(34-22-23-38-37-36(34)33-12-6-7-13-35(33)40-37)30-20-21-32-28(24-30)15-14-27-10-4-5-11-31(27)32/h1-24H. The summed E-state index contributed by atoms with van der Waals surface area (Å²) in [6.45, 7) is 0. The van der Waals surface area contributed by atoms with E-state index in [1.165, 1.54) is 48.1 Å². The van der Waals surface area contributed by atoms with Gasteiger partial charge in [0.25, 0.3) is 0 Å². The van der Waals surface area contributed by atoms with Crippen molar-refractivity contribution in [1.82, 2.24) is 4.98 Å². The second kappa shape index (κ2) is 9.33. The van der Waals surface area contributed by atoms with Crippen molar-refractivity contribution in [1.29, 1.82) is 0 Å². The third-order valence-corrected chi connectivity index (χ3v) is 8.80. The van der Waals surface area contributed by atoms with Gasteiger partial charge in [-0.1, -0.05) is 103 Å². The maximum Gasteiger partial charge on any atom is 0.126 e. The molecule has 0 saturated carbocycles. The van der Waals surface area contributed by atoms with Crippen LogP contribution in [0.4, 0.5) is 17.1 Å². The molecular formula is C37H24N2S. The first-order chi connectivity index (χ1) is 19.8. The van der Waals surface area contributed by atoms with Crippen molar-refractivity contribution in [3.8, 4) is 11.1 Å². The zero-order valence-electron chi connectivity index (χ0n) is 21.7. The predicted molar refractivity (Wildman–Crippen MR) is 172 cm³/mol. The van der Waals surface area contributed by atoms with Crippen LogP contribution in [0, 0.1) is 0 Å². The molecule has 188 valence electrons. The van der Waals surface area contributed by atoms with Gasteiger partial charge >= 0.3 is 0 Å². The summed E-state index contributed by atoms with van der Waals surface area (Å²) in [4.78, 5) is 8.21. The number of fused-ring (bicyclic) bond motifs is 6. The third-order valence-electron chi connectivity index (χ3n) is 7.72. The Morgan fingerprint density at radius 2 is 1.18 bits per heavy atom. The minimum atomic E-state index is 1.05. The Hall–Kier alpha value is -4.99. The molecule has 0 saturated heterocycles. The summed E-state index contributed by atoms with van der Waals surface area (Å²) in [5.41, 5.74) is 5.79. The molecule has 0 aliphatic rings. The normalized spacial score (nSPS) is 11.5. The minimum Gasteiger partial charge on any atom is -0.310 e. The van der Waals surface area contributed by atoms with E-state index in [1.54, 1.807) is 11.3 Å². The molecule has 0 amide bonds. The SMILES string of the molecule is c1ccc(-c2ccc(N(c3ccc4c(ccc5ccccc54)c3)c3ccnc4sc5ccccc5c34)cc2)cc1. The molecule has 0 spiro atoms. The highest BCUT2D eigenvalue weighted by molar-refractivity contribution is 7.25. The van der Waals surface area contributed by atoms with Crippen molar-refractivity contribution in [3.63, 3.8) is 0 Å². The number of hydrogen-bond acceptors (Lipinski definition) is 3. The summed E-state index contributed by atoms with van der Waals surface area (Å²) in [6.07, 6.45) is 1.94. The Morgan fingerprint density at radius 1 is 0.500 bits per heavy atom. The van der Waals surface area contributed by atoms with Gasteiger partial charge in [0.1, 0.15) is 4.83 Å². The monoisotopic (exact) mass is 528 g/mol. The average Bonchev–Trinajstić information content (AvgIpc) is 3.41. The van der Waals surface area contributed by atoms with E-state index in [0.717, 1.165) is 21.9 Å². The Labute approximate surface area is 236 Å². The first kappa shape index (κ1) is 22.9. The lowest BCUT2D eigenvalue weighted by Crippen LogP contribution is -2.10. The smallest absolute Gasteiger partial charge is 0.126 e. The topological polar surface area (TPSA) is 16.1 Å². The van der Waals surface area contributed by atoms with E-state index >= 15 is 0 Å². The molecule has 0 N–H and O–H groups in total. The number of benzene rings is 6. The molecule has 0 radical (unpaired) electrons. The number of thiophene rings is 1. The van der Waals surface area contributed by atoms with Crippen LogP contribution >= 0.6 is 11.3 Å². The van der Waals surface area contributed by atoms with E-state index in [0.29, 0.717) is 0 Å². The lowest BCUT2D eigenvalue weighted by Gasteiger charge is -2.27. The largest absolute Gasteiger partial charge is 0.310 e. The van der Waals surface area contributed by atoms with Crippen LogP contribution in [0.25, 0.3) is 53.0 Å². The van der Waals surface area contributed by atoms with Crippen molar-refractivity contribution in [2.24, 2.45) is 0 Å². The molecule has 0 aliphatic carbocycles. The zero-order valence-corrected chi connectivity index (χ0v) is 22.5. The van der Waals surface area contributed by atoms with Crippen molar-refractivity contribution in [3.05, 3.63) is 146 Å². The van der Waals surface area contributed by atoms with Crippen LogP contribution in [0.2, 0.25) is 0 Å². The second-order valence-corrected chi connectivity index (χ2v) is 11.1. The lowest BCUT2D eigenvalue weighted by atomic mass is 10.0. The van der Waals surface area contributed by atoms with Crippen LogP contribution in [0.1, 0.15) is 0 Å². The highest BCUT2D eigenvalue weighted by atomic mass is 32.1. The number of pyridine rings is 1. The molecule has 0 bridgehead atoms. The Morgan fingerprint density at radius 3 is 2.05 bits per heavy atom. The maximum absolute atomic E-state index is 4.78. The number of anilines is 3. The van der Waals surface area contributed by atoms with E-state index in [-0.39, 0.29) is 0 Å². The van der Waals surface area contributed by atoms with Crippen LogP contribution in [0.3, 0.4) is 0 Å². The molecule has 3 heteroatoms. The molecule has 6 aromatic carbocycles. The maximum atomic E-state index is 4.78. The fourth-order valence-electron chi connectivity index (χ4n) is 5.82. The number of rotatable bonds is 4. The zero-order chi connectivity index (χ0) is 26.5.